The van der Waals surface area contributed by atoms with Crippen LogP contribution in [-0.2, 0) is 0 Å². The van der Waals surface area contributed by atoms with Crippen LogP contribution in [0.15, 0.2) is 205 Å². The Kier molecular flexibility index (Phi) is 7.46. The molecule has 0 aliphatic carbocycles. The molecule has 0 atom stereocenters. The highest BCUT2D eigenvalue weighted by molar-refractivity contribution is 7.25. The predicted molar refractivity (Wildman–Crippen MR) is 265 cm³/mol. The van der Waals surface area contributed by atoms with Crippen LogP contribution in [0.3, 0.4) is 0 Å². The third-order valence-corrected chi connectivity index (χ3v) is 13.9. The lowest BCUT2D eigenvalue weighted by Gasteiger charge is -2.14. The fourth-order valence-electron chi connectivity index (χ4n) is 10.0. The van der Waals surface area contributed by atoms with Crippen LogP contribution in [-0.4, -0.2) is 24.1 Å². The zero-order valence-electron chi connectivity index (χ0n) is 34.1. The molecular weight excluding hydrogens is 803 g/mol. The SMILES string of the molecule is c1ccc(-c2nc(-c3cccc4sc5ccccc5c34)nc(-n3c4ccccc4c4ccc5c6ccccc6n(-c6cc(-c7ccccc7)c7oc8ccccc8c7c6)c5c43)n2)cc1. The number of aromatic nitrogens is 5. The first-order valence-corrected chi connectivity index (χ1v) is 22.3. The Morgan fingerprint density at radius 2 is 0.984 bits per heavy atom. The molecule has 7 heteroatoms. The van der Waals surface area contributed by atoms with Gasteiger partial charge in [-0.1, -0.05) is 158 Å². The third kappa shape index (κ3) is 5.10. The largest absolute Gasteiger partial charge is 0.455 e. The molecule has 0 aliphatic heterocycles. The average Bonchev–Trinajstić information content (AvgIpc) is 4.12. The molecule has 0 bridgehead atoms. The Labute approximate surface area is 369 Å². The maximum atomic E-state index is 6.68. The van der Waals surface area contributed by atoms with Crippen molar-refractivity contribution in [3.8, 4) is 45.5 Å². The summed E-state index contributed by atoms with van der Waals surface area (Å²) in [7, 11) is 0. The van der Waals surface area contributed by atoms with Crippen LogP contribution in [0.2, 0.25) is 0 Å². The highest BCUT2D eigenvalue weighted by Gasteiger charge is 2.25. The molecule has 14 rings (SSSR count). The Morgan fingerprint density at radius 3 is 1.75 bits per heavy atom. The summed E-state index contributed by atoms with van der Waals surface area (Å²) in [5.74, 6) is 1.79. The second-order valence-corrected chi connectivity index (χ2v) is 17.4. The Balaban J connectivity index is 1.14. The van der Waals surface area contributed by atoms with E-state index in [1.807, 2.05) is 24.3 Å². The number of para-hydroxylation sites is 3. The maximum Gasteiger partial charge on any atom is 0.238 e. The summed E-state index contributed by atoms with van der Waals surface area (Å²) in [6.07, 6.45) is 0. The summed E-state index contributed by atoms with van der Waals surface area (Å²) in [6.45, 7) is 0. The van der Waals surface area contributed by atoms with Crippen molar-refractivity contribution < 1.29 is 4.42 Å². The summed E-state index contributed by atoms with van der Waals surface area (Å²) in [4.78, 5) is 16.2. The first-order valence-electron chi connectivity index (χ1n) is 21.4. The molecule has 0 saturated heterocycles. The number of nitrogens with zero attached hydrogens (tertiary/aromatic N) is 5. The van der Waals surface area contributed by atoms with Crippen molar-refractivity contribution in [2.75, 3.05) is 0 Å². The van der Waals surface area contributed by atoms with E-state index in [2.05, 4.69) is 185 Å². The van der Waals surface area contributed by atoms with E-state index in [-0.39, 0.29) is 0 Å². The standard InChI is InChI=1S/C57H33N5OS/c1-3-16-34(17-4-1)44-32-36(33-45-39-22-9-13-27-48(39)63-54(44)45)61-46-25-11-7-20-37(46)40-30-31-41-38-21-8-12-26-47(38)62(53(41)52(40)61)57-59-55(35-18-5-2-6-19-35)58-56(60-57)43-24-15-29-50-51(43)42-23-10-14-28-49(42)64-50/h1-33H. The summed E-state index contributed by atoms with van der Waals surface area (Å²) in [5, 5.41) is 9.02. The van der Waals surface area contributed by atoms with E-state index in [0.29, 0.717) is 17.6 Å². The van der Waals surface area contributed by atoms with Gasteiger partial charge in [-0.3, -0.25) is 4.57 Å². The van der Waals surface area contributed by atoms with Gasteiger partial charge in [0.1, 0.15) is 11.2 Å². The van der Waals surface area contributed by atoms with Crippen molar-refractivity contribution >= 4 is 97.1 Å². The monoisotopic (exact) mass is 835 g/mol. The van der Waals surface area contributed by atoms with Gasteiger partial charge in [0, 0.05) is 74.9 Å². The second-order valence-electron chi connectivity index (χ2n) is 16.3. The molecule has 5 aromatic heterocycles. The normalized spacial score (nSPS) is 12.1. The van der Waals surface area contributed by atoms with E-state index in [1.165, 1.54) is 14.8 Å². The Bertz CT molecular complexity index is 4200. The number of benzene rings is 9. The number of thiophene rings is 1. The van der Waals surface area contributed by atoms with Gasteiger partial charge in [0.15, 0.2) is 11.6 Å². The van der Waals surface area contributed by atoms with Gasteiger partial charge in [-0.05, 0) is 48.0 Å². The Morgan fingerprint density at radius 1 is 0.391 bits per heavy atom. The zero-order chi connectivity index (χ0) is 41.9. The molecule has 64 heavy (non-hydrogen) atoms. The minimum Gasteiger partial charge on any atom is -0.455 e. The van der Waals surface area contributed by atoms with Crippen LogP contribution >= 0.6 is 11.3 Å². The van der Waals surface area contributed by atoms with E-state index in [4.69, 9.17) is 19.4 Å². The quantitative estimate of drug-likeness (QED) is 0.173. The van der Waals surface area contributed by atoms with Crippen molar-refractivity contribution in [3.05, 3.63) is 200 Å². The molecule has 0 N–H and O–H groups in total. The fraction of sp³-hybridized carbons (Fsp3) is 0. The minimum atomic E-state index is 0.553. The summed E-state index contributed by atoms with van der Waals surface area (Å²) < 4.78 is 13.8. The molecule has 0 unspecified atom stereocenters. The lowest BCUT2D eigenvalue weighted by molar-refractivity contribution is 0.670. The van der Waals surface area contributed by atoms with Crippen molar-refractivity contribution in [3.63, 3.8) is 0 Å². The highest BCUT2D eigenvalue weighted by atomic mass is 32.1. The van der Waals surface area contributed by atoms with Crippen molar-refractivity contribution in [2.45, 2.75) is 0 Å². The first-order chi connectivity index (χ1) is 31.7. The minimum absolute atomic E-state index is 0.553. The smallest absolute Gasteiger partial charge is 0.238 e. The van der Waals surface area contributed by atoms with Gasteiger partial charge in [-0.15, -0.1) is 11.3 Å². The van der Waals surface area contributed by atoms with Crippen molar-refractivity contribution in [1.82, 2.24) is 24.1 Å². The van der Waals surface area contributed by atoms with Crippen LogP contribution in [0.25, 0.3) is 131 Å². The van der Waals surface area contributed by atoms with Gasteiger partial charge in [-0.2, -0.15) is 9.97 Å². The molecule has 0 aliphatic rings. The van der Waals surface area contributed by atoms with E-state index >= 15 is 0 Å². The van der Waals surface area contributed by atoms with Crippen LogP contribution < -0.4 is 0 Å². The summed E-state index contributed by atoms with van der Waals surface area (Å²) in [6, 6.07) is 70.7. The van der Waals surface area contributed by atoms with Crippen LogP contribution in [0.5, 0.6) is 0 Å². The van der Waals surface area contributed by atoms with Crippen LogP contribution in [0.1, 0.15) is 0 Å². The molecule has 9 aromatic carbocycles. The molecule has 0 radical (unpaired) electrons. The highest BCUT2D eigenvalue weighted by Crippen LogP contribution is 2.45. The van der Waals surface area contributed by atoms with Crippen LogP contribution in [0.4, 0.5) is 0 Å². The van der Waals surface area contributed by atoms with E-state index < -0.39 is 0 Å². The van der Waals surface area contributed by atoms with E-state index in [1.54, 1.807) is 11.3 Å². The number of rotatable bonds is 5. The molecule has 0 spiro atoms. The average molecular weight is 836 g/mol. The van der Waals surface area contributed by atoms with Gasteiger partial charge in [0.25, 0.3) is 0 Å². The molecule has 14 aromatic rings. The van der Waals surface area contributed by atoms with Gasteiger partial charge < -0.3 is 8.98 Å². The summed E-state index contributed by atoms with van der Waals surface area (Å²) >= 11 is 1.80. The molecule has 0 saturated carbocycles. The molecule has 5 heterocycles. The molecule has 298 valence electrons. The summed E-state index contributed by atoms with van der Waals surface area (Å²) in [5.41, 5.74) is 11.0. The lowest BCUT2D eigenvalue weighted by atomic mass is 10.0. The molecule has 6 nitrogen and oxygen atoms in total. The number of hydrogen-bond acceptors (Lipinski definition) is 5. The third-order valence-electron chi connectivity index (χ3n) is 12.8. The number of fused-ring (bicyclic) bond motifs is 13. The second kappa shape index (κ2) is 13.6. The van der Waals surface area contributed by atoms with E-state index in [9.17, 15) is 0 Å². The molecule has 0 fully saturated rings. The topological polar surface area (TPSA) is 61.7 Å². The van der Waals surface area contributed by atoms with E-state index in [0.717, 1.165) is 98.9 Å². The van der Waals surface area contributed by atoms with Gasteiger partial charge in [0.2, 0.25) is 5.95 Å². The number of hydrogen-bond donors (Lipinski definition) is 0. The van der Waals surface area contributed by atoms with Crippen LogP contribution in [0, 0.1) is 0 Å². The maximum absolute atomic E-state index is 6.68. The van der Waals surface area contributed by atoms with Gasteiger partial charge in [-0.25, -0.2) is 4.98 Å². The van der Waals surface area contributed by atoms with Crippen molar-refractivity contribution in [2.24, 2.45) is 0 Å². The Hall–Kier alpha value is -8.39. The number of furan rings is 1. The van der Waals surface area contributed by atoms with Gasteiger partial charge in [0.05, 0.1) is 22.1 Å². The predicted octanol–water partition coefficient (Wildman–Crippen LogP) is 15.3. The van der Waals surface area contributed by atoms with Gasteiger partial charge >= 0.3 is 0 Å². The molecule has 0 amide bonds. The zero-order valence-corrected chi connectivity index (χ0v) is 34.9. The fourth-order valence-corrected chi connectivity index (χ4v) is 11.1. The molecular formula is C57H33N5OS. The lowest BCUT2D eigenvalue weighted by Crippen LogP contribution is -2.07. The first kappa shape index (κ1) is 35.2. The van der Waals surface area contributed by atoms with Crippen molar-refractivity contribution in [1.29, 1.82) is 0 Å².